The molecule has 1 saturated heterocycles. The van der Waals surface area contributed by atoms with Gasteiger partial charge in [0.1, 0.15) is 12.1 Å². The number of allylic oxidation sites excluding steroid dienone is 3. The Morgan fingerprint density at radius 2 is 1.70 bits per heavy atom. The molecule has 3 fully saturated rings. The van der Waals surface area contributed by atoms with Crippen LogP contribution in [0.15, 0.2) is 23.8 Å². The second kappa shape index (κ2) is 17.6. The van der Waals surface area contributed by atoms with E-state index in [-0.39, 0.29) is 61.1 Å². The number of carbonyl (C=O) groups excluding carboxylic acids is 5. The molecule has 0 aromatic heterocycles. The molecule has 1 aliphatic heterocycles. The van der Waals surface area contributed by atoms with E-state index in [2.05, 4.69) is 47.0 Å². The van der Waals surface area contributed by atoms with Crippen LogP contribution < -0.4 is 21.3 Å². The lowest BCUT2D eigenvalue weighted by atomic mass is 9.55. The van der Waals surface area contributed by atoms with Gasteiger partial charge in [0.15, 0.2) is 9.84 Å². The zero-order chi connectivity index (χ0) is 39.9. The van der Waals surface area contributed by atoms with E-state index in [9.17, 15) is 32.4 Å². The van der Waals surface area contributed by atoms with Crippen molar-refractivity contribution in [3.05, 3.63) is 23.8 Å². The lowest BCUT2D eigenvalue weighted by Crippen LogP contribution is -2.63. The summed E-state index contributed by atoms with van der Waals surface area (Å²) in [4.78, 5) is 70.1. The molecule has 0 aromatic rings. The van der Waals surface area contributed by atoms with Crippen molar-refractivity contribution in [2.45, 2.75) is 129 Å². The van der Waals surface area contributed by atoms with Crippen molar-refractivity contribution in [3.8, 4) is 24.7 Å². The molecule has 2 saturated carbocycles. The van der Waals surface area contributed by atoms with Crippen LogP contribution in [-0.4, -0.2) is 91.1 Å². The number of hydrogen-bond acceptors (Lipinski definition) is 7. The van der Waals surface area contributed by atoms with Gasteiger partial charge in [-0.15, -0.1) is 24.7 Å². The fourth-order valence-corrected chi connectivity index (χ4v) is 10.8. The average molecular weight is 766 g/mol. The second-order valence-corrected chi connectivity index (χ2v) is 19.4. The van der Waals surface area contributed by atoms with Crippen molar-refractivity contribution in [1.29, 1.82) is 0 Å². The Hall–Kier alpha value is -4.10. The molecule has 0 bridgehead atoms. The van der Waals surface area contributed by atoms with Crippen molar-refractivity contribution in [3.63, 3.8) is 0 Å². The number of likely N-dealkylation sites (tertiary alicyclic amines) is 1. The molecule has 5 amide bonds. The van der Waals surface area contributed by atoms with Gasteiger partial charge >= 0.3 is 6.03 Å². The molecule has 4 aliphatic rings. The molecule has 0 aromatic carbocycles. The third kappa shape index (κ3) is 10.6. The van der Waals surface area contributed by atoms with Gasteiger partial charge < -0.3 is 26.2 Å². The van der Waals surface area contributed by atoms with Gasteiger partial charge in [-0.2, -0.15) is 0 Å². The molecule has 4 rings (SSSR count). The van der Waals surface area contributed by atoms with Gasteiger partial charge in [-0.3, -0.25) is 19.2 Å². The maximum atomic E-state index is 14.7. The summed E-state index contributed by atoms with van der Waals surface area (Å²) >= 11 is 0. The van der Waals surface area contributed by atoms with E-state index >= 15 is 0 Å². The highest BCUT2D eigenvalue weighted by Crippen LogP contribution is 2.57. The molecule has 12 nitrogen and oxygen atoms in total. The van der Waals surface area contributed by atoms with Crippen LogP contribution in [0.2, 0.25) is 0 Å². The van der Waals surface area contributed by atoms with Gasteiger partial charge in [0, 0.05) is 25.9 Å². The molecule has 0 spiro atoms. The molecule has 54 heavy (non-hydrogen) atoms. The fourth-order valence-electron chi connectivity index (χ4n) is 8.68. The van der Waals surface area contributed by atoms with Crippen LogP contribution in [0, 0.1) is 47.4 Å². The maximum absolute atomic E-state index is 14.7. The lowest BCUT2D eigenvalue weighted by molar-refractivity contribution is -0.145. The van der Waals surface area contributed by atoms with Gasteiger partial charge in [0.25, 0.3) is 5.91 Å². The van der Waals surface area contributed by atoms with Crippen molar-refractivity contribution in [1.82, 2.24) is 26.2 Å². The highest BCUT2D eigenvalue weighted by molar-refractivity contribution is 7.91. The minimum absolute atomic E-state index is 0.0101. The highest BCUT2D eigenvalue weighted by Gasteiger charge is 2.61. The topological polar surface area (TPSA) is 171 Å². The van der Waals surface area contributed by atoms with E-state index in [0.717, 1.165) is 31.3 Å². The summed E-state index contributed by atoms with van der Waals surface area (Å²) in [5.41, 5.74) is -1.09. The number of amides is 5. The Morgan fingerprint density at radius 1 is 1.02 bits per heavy atom. The molecule has 0 radical (unpaired) electrons. The quantitative estimate of drug-likeness (QED) is 0.112. The van der Waals surface area contributed by atoms with Gasteiger partial charge in [-0.1, -0.05) is 77.7 Å². The highest BCUT2D eigenvalue weighted by atomic mass is 32.2. The van der Waals surface area contributed by atoms with Gasteiger partial charge in [0.2, 0.25) is 17.6 Å². The summed E-state index contributed by atoms with van der Waals surface area (Å²) in [6.45, 7) is 10.0. The van der Waals surface area contributed by atoms with E-state index in [1.54, 1.807) is 0 Å². The first-order valence-electron chi connectivity index (χ1n) is 19.3. The molecule has 3 aliphatic carbocycles. The number of Topliss-reactive ketones (excluding diaryl/α,β-unsaturated/α-hetero) is 1. The molecular formula is C41H59N5O7S. The molecule has 1 heterocycles. The van der Waals surface area contributed by atoms with Gasteiger partial charge in [-0.05, 0) is 61.2 Å². The Labute approximate surface area is 321 Å². The number of fused-ring (bicyclic) bond motifs is 1. The fraction of sp³-hybridized carbons (Fsp3) is 0.683. The van der Waals surface area contributed by atoms with Crippen LogP contribution in [0.3, 0.4) is 0 Å². The first-order valence-corrected chi connectivity index (χ1v) is 21.1. The number of rotatable bonds is 15. The zero-order valence-corrected chi connectivity index (χ0v) is 33.4. The largest absolute Gasteiger partial charge is 0.348 e. The monoisotopic (exact) mass is 765 g/mol. The normalized spacial score (nSPS) is 23.9. The summed E-state index contributed by atoms with van der Waals surface area (Å²) in [6.07, 6.45) is 22.5. The predicted molar refractivity (Wildman–Crippen MR) is 208 cm³/mol. The predicted octanol–water partition coefficient (Wildman–Crippen LogP) is 3.57. The Bertz CT molecular complexity index is 1700. The number of carbonyl (C=O) groups is 5. The smallest absolute Gasteiger partial charge is 0.315 e. The Morgan fingerprint density at radius 3 is 2.30 bits per heavy atom. The van der Waals surface area contributed by atoms with E-state index in [1.807, 2.05) is 39.0 Å². The number of terminal acetylenes is 2. The Balaban J connectivity index is 1.55. The number of urea groups is 1. The first-order chi connectivity index (χ1) is 25.3. The van der Waals surface area contributed by atoms with Crippen LogP contribution >= 0.6 is 0 Å². The van der Waals surface area contributed by atoms with Crippen molar-refractivity contribution in [2.75, 3.05) is 24.6 Å². The van der Waals surface area contributed by atoms with Crippen LogP contribution in [0.25, 0.3) is 0 Å². The first kappa shape index (κ1) is 42.6. The minimum Gasteiger partial charge on any atom is -0.348 e. The van der Waals surface area contributed by atoms with Crippen molar-refractivity contribution < 1.29 is 32.4 Å². The van der Waals surface area contributed by atoms with Gasteiger partial charge in [-0.25, -0.2) is 13.2 Å². The molecular weight excluding hydrogens is 707 g/mol. The minimum atomic E-state index is -3.57. The number of sulfone groups is 1. The molecule has 5 atom stereocenters. The van der Waals surface area contributed by atoms with E-state index in [4.69, 9.17) is 12.8 Å². The third-order valence-electron chi connectivity index (χ3n) is 11.5. The van der Waals surface area contributed by atoms with Crippen LogP contribution in [0.5, 0.6) is 0 Å². The summed E-state index contributed by atoms with van der Waals surface area (Å²) < 4.78 is 27.0. The average Bonchev–Trinajstić information content (AvgIpc) is 3.43. The van der Waals surface area contributed by atoms with E-state index < -0.39 is 68.5 Å². The third-order valence-corrected chi connectivity index (χ3v) is 13.3. The maximum Gasteiger partial charge on any atom is 0.315 e. The number of ketones is 1. The molecule has 296 valence electrons. The number of nitrogens with zero attached hydrogens (tertiary/aromatic N) is 1. The number of nitrogens with one attached hydrogen (secondary N) is 4. The standard InChI is InChI=1S/C41H59N5O7S/c1-8-10-20-31(33(47)36(49)42-23-11-9-2)43-35(48)32-29-24-40(6,7)30(29)25-46(32)37(50)34(39(3,4)5)44-38(51)45-41(21-16-13-17-22-41)27-54(52,53)26-28-18-14-12-15-19-28/h1-2,12,14,18,29-32,34H,10-11,13,15-17,19-27H2,3-7H3,(H,42,49)(H,43,48)(H2,44,45,51)/t29?,30?,31?,32-,34+/m0/s1. The summed E-state index contributed by atoms with van der Waals surface area (Å²) in [5.74, 6) is 1.62. The SMILES string of the molecule is C#CCCNC(=O)C(=O)C(CCC#C)NC(=O)[C@@H]1C2CC(C)(C)C2CN1C(=O)[C@@H](NC(=O)NC1(CS(=O)(=O)CC2=CC=CCC2)CCCCC1)C(C)(C)C. The van der Waals surface area contributed by atoms with Crippen molar-refractivity contribution >= 4 is 39.4 Å². The molecule has 3 unspecified atom stereocenters. The van der Waals surface area contributed by atoms with E-state index in [1.165, 1.54) is 4.90 Å². The number of hydrogen-bond donors (Lipinski definition) is 4. The molecule has 13 heteroatoms. The van der Waals surface area contributed by atoms with Crippen LogP contribution in [-0.2, 0) is 29.0 Å². The lowest BCUT2D eigenvalue weighted by Gasteiger charge is -2.48. The summed E-state index contributed by atoms with van der Waals surface area (Å²) in [5, 5.41) is 11.1. The summed E-state index contributed by atoms with van der Waals surface area (Å²) in [7, 11) is -3.57. The molecule has 4 N–H and O–H groups in total. The summed E-state index contributed by atoms with van der Waals surface area (Å²) in [6, 6.07) is -3.88. The Kier molecular flexibility index (Phi) is 13.9. The van der Waals surface area contributed by atoms with E-state index in [0.29, 0.717) is 25.7 Å². The van der Waals surface area contributed by atoms with Crippen LogP contribution in [0.4, 0.5) is 4.79 Å². The zero-order valence-electron chi connectivity index (χ0n) is 32.6. The van der Waals surface area contributed by atoms with Crippen LogP contribution in [0.1, 0.15) is 105 Å². The second-order valence-electron chi connectivity index (χ2n) is 17.3. The van der Waals surface area contributed by atoms with Gasteiger partial charge in [0.05, 0.1) is 23.1 Å². The van der Waals surface area contributed by atoms with Crippen molar-refractivity contribution in [2.24, 2.45) is 22.7 Å².